The highest BCUT2D eigenvalue weighted by Crippen LogP contribution is 2.20. The molecule has 182 valence electrons. The Morgan fingerprint density at radius 3 is 1.94 bits per heavy atom. The molecule has 4 aromatic rings. The van der Waals surface area contributed by atoms with E-state index in [9.17, 15) is 18.0 Å². The summed E-state index contributed by atoms with van der Waals surface area (Å²) in [6, 6.07) is 30.2. The van der Waals surface area contributed by atoms with Gasteiger partial charge in [0.05, 0.1) is 22.2 Å². The second-order valence-electron chi connectivity index (χ2n) is 8.10. The van der Waals surface area contributed by atoms with Crippen molar-refractivity contribution in [2.24, 2.45) is 0 Å². The maximum atomic E-state index is 12.9. The molecule has 4 rings (SSSR count). The summed E-state index contributed by atoms with van der Waals surface area (Å²) in [5.74, 6) is -0.739. The van der Waals surface area contributed by atoms with Crippen LogP contribution in [0.1, 0.15) is 39.2 Å². The molecule has 0 spiro atoms. The van der Waals surface area contributed by atoms with Crippen LogP contribution in [-0.4, -0.2) is 20.2 Å². The second-order valence-corrected chi connectivity index (χ2v) is 9.78. The monoisotopic (exact) mass is 499 g/mol. The molecule has 0 radical (unpaired) electrons. The molecular weight excluding hydrogens is 474 g/mol. The van der Waals surface area contributed by atoms with E-state index in [0.717, 1.165) is 5.56 Å². The topological polar surface area (TPSA) is 104 Å². The first-order valence-electron chi connectivity index (χ1n) is 11.3. The van der Waals surface area contributed by atoms with Crippen molar-refractivity contribution in [1.29, 1.82) is 0 Å². The third-order valence-electron chi connectivity index (χ3n) is 5.52. The lowest BCUT2D eigenvalue weighted by atomic mass is 10.1. The van der Waals surface area contributed by atoms with Crippen molar-refractivity contribution in [3.63, 3.8) is 0 Å². The lowest BCUT2D eigenvalue weighted by Crippen LogP contribution is -2.28. The molecule has 0 aliphatic heterocycles. The summed E-state index contributed by atoms with van der Waals surface area (Å²) in [5.41, 5.74) is 2.31. The summed E-state index contributed by atoms with van der Waals surface area (Å²) in [5, 5.41) is 5.73. The number of nitrogens with one attached hydrogen (secondary N) is 3. The first-order chi connectivity index (χ1) is 17.3. The Balaban J connectivity index is 1.44. The van der Waals surface area contributed by atoms with Crippen molar-refractivity contribution in [3.05, 3.63) is 126 Å². The van der Waals surface area contributed by atoms with E-state index in [1.165, 1.54) is 36.4 Å². The van der Waals surface area contributed by atoms with Crippen LogP contribution in [0.2, 0.25) is 0 Å². The number of anilines is 2. The maximum Gasteiger partial charge on any atom is 0.261 e. The zero-order chi connectivity index (χ0) is 25.5. The number of rotatable bonds is 8. The number of hydrogen-bond acceptors (Lipinski definition) is 4. The molecule has 0 fully saturated rings. The van der Waals surface area contributed by atoms with Crippen molar-refractivity contribution in [2.45, 2.75) is 17.9 Å². The fourth-order valence-electron chi connectivity index (χ4n) is 3.59. The molecule has 0 aromatic heterocycles. The van der Waals surface area contributed by atoms with Gasteiger partial charge in [-0.1, -0.05) is 60.7 Å². The Morgan fingerprint density at radius 2 is 1.28 bits per heavy atom. The Bertz CT molecular complexity index is 1460. The number of benzene rings is 4. The van der Waals surface area contributed by atoms with Gasteiger partial charge < -0.3 is 10.6 Å². The Morgan fingerprint density at radius 1 is 0.694 bits per heavy atom. The van der Waals surface area contributed by atoms with E-state index < -0.39 is 15.9 Å². The number of carbonyl (C=O) groups is 2. The van der Waals surface area contributed by atoms with Gasteiger partial charge >= 0.3 is 0 Å². The van der Waals surface area contributed by atoms with Gasteiger partial charge in [-0.2, -0.15) is 0 Å². The van der Waals surface area contributed by atoms with Gasteiger partial charge in [-0.15, -0.1) is 0 Å². The van der Waals surface area contributed by atoms with Crippen LogP contribution in [0.15, 0.2) is 114 Å². The highest BCUT2D eigenvalue weighted by atomic mass is 32.2. The maximum absolute atomic E-state index is 12.9. The van der Waals surface area contributed by atoms with E-state index in [4.69, 9.17) is 0 Å². The average molecular weight is 500 g/mol. The first-order valence-corrected chi connectivity index (χ1v) is 12.8. The molecule has 3 N–H and O–H groups in total. The molecular formula is C28H25N3O4S. The number of amides is 2. The van der Waals surface area contributed by atoms with Crippen LogP contribution < -0.4 is 15.4 Å². The van der Waals surface area contributed by atoms with E-state index >= 15 is 0 Å². The van der Waals surface area contributed by atoms with E-state index in [-0.39, 0.29) is 16.8 Å². The van der Waals surface area contributed by atoms with Gasteiger partial charge in [-0.3, -0.25) is 14.3 Å². The predicted molar refractivity (Wildman–Crippen MR) is 140 cm³/mol. The zero-order valence-electron chi connectivity index (χ0n) is 19.5. The Hall–Kier alpha value is -4.43. The quantitative estimate of drug-likeness (QED) is 0.309. The van der Waals surface area contributed by atoms with Crippen molar-refractivity contribution in [2.75, 3.05) is 10.0 Å². The van der Waals surface area contributed by atoms with Crippen molar-refractivity contribution in [1.82, 2.24) is 5.32 Å². The second kappa shape index (κ2) is 10.9. The smallest absolute Gasteiger partial charge is 0.261 e. The standard InChI is InChI=1S/C28H25N3O4S/c1-20(21-10-4-2-5-11-21)29-28(33)25-14-8-9-15-26(25)30-27(32)22-16-18-23(19-17-22)31-36(34,35)24-12-6-3-7-13-24/h2-20,31H,1H3,(H,29,33)(H,30,32)/t20-/m0/s1. The molecule has 1 atom stereocenters. The van der Waals surface area contributed by atoms with Gasteiger partial charge in [0.15, 0.2) is 0 Å². The number of para-hydroxylation sites is 1. The number of carbonyl (C=O) groups excluding carboxylic acids is 2. The molecule has 0 unspecified atom stereocenters. The normalized spacial score (nSPS) is 11.8. The predicted octanol–water partition coefficient (Wildman–Crippen LogP) is 5.23. The summed E-state index contributed by atoms with van der Waals surface area (Å²) in [4.78, 5) is 25.9. The minimum absolute atomic E-state index is 0.142. The third-order valence-corrected chi connectivity index (χ3v) is 6.92. The summed E-state index contributed by atoms with van der Waals surface area (Å²) >= 11 is 0. The summed E-state index contributed by atoms with van der Waals surface area (Å²) in [6.45, 7) is 1.89. The number of sulfonamides is 1. The van der Waals surface area contributed by atoms with Gasteiger partial charge in [0.2, 0.25) is 0 Å². The van der Waals surface area contributed by atoms with Crippen LogP contribution in [0.25, 0.3) is 0 Å². The van der Waals surface area contributed by atoms with Gasteiger partial charge in [0.25, 0.3) is 21.8 Å². The summed E-state index contributed by atoms with van der Waals surface area (Å²) in [6.07, 6.45) is 0. The summed E-state index contributed by atoms with van der Waals surface area (Å²) in [7, 11) is -3.74. The fraction of sp³-hybridized carbons (Fsp3) is 0.0714. The Labute approximate surface area is 210 Å². The van der Waals surface area contributed by atoms with Crippen LogP contribution in [-0.2, 0) is 10.0 Å². The molecule has 0 saturated heterocycles. The molecule has 0 aliphatic carbocycles. The van der Waals surface area contributed by atoms with E-state index in [1.807, 2.05) is 37.3 Å². The first kappa shape index (κ1) is 24.7. The molecule has 8 heteroatoms. The molecule has 2 amide bonds. The highest BCUT2D eigenvalue weighted by Gasteiger charge is 2.17. The zero-order valence-corrected chi connectivity index (χ0v) is 20.3. The van der Waals surface area contributed by atoms with Gasteiger partial charge in [0, 0.05) is 11.3 Å². The molecule has 7 nitrogen and oxygen atoms in total. The minimum atomic E-state index is -3.74. The largest absolute Gasteiger partial charge is 0.345 e. The van der Waals surface area contributed by atoms with Gasteiger partial charge in [0.1, 0.15) is 0 Å². The van der Waals surface area contributed by atoms with Crippen LogP contribution in [0.5, 0.6) is 0 Å². The van der Waals surface area contributed by atoms with E-state index in [1.54, 1.807) is 42.5 Å². The van der Waals surface area contributed by atoms with Crippen molar-refractivity contribution < 1.29 is 18.0 Å². The van der Waals surface area contributed by atoms with Gasteiger partial charge in [-0.25, -0.2) is 8.42 Å². The molecule has 0 aliphatic rings. The lowest BCUT2D eigenvalue weighted by Gasteiger charge is -2.16. The van der Waals surface area contributed by atoms with E-state index in [0.29, 0.717) is 22.5 Å². The molecule has 36 heavy (non-hydrogen) atoms. The lowest BCUT2D eigenvalue weighted by molar-refractivity contribution is 0.0940. The highest BCUT2D eigenvalue weighted by molar-refractivity contribution is 7.92. The van der Waals surface area contributed by atoms with Crippen molar-refractivity contribution in [3.8, 4) is 0 Å². The average Bonchev–Trinajstić information content (AvgIpc) is 2.90. The van der Waals surface area contributed by atoms with E-state index in [2.05, 4.69) is 15.4 Å². The molecule has 0 saturated carbocycles. The van der Waals surface area contributed by atoms with Crippen LogP contribution in [0.3, 0.4) is 0 Å². The minimum Gasteiger partial charge on any atom is -0.345 e. The van der Waals surface area contributed by atoms with Crippen LogP contribution >= 0.6 is 0 Å². The summed E-state index contributed by atoms with van der Waals surface area (Å²) < 4.78 is 27.5. The molecule has 0 heterocycles. The van der Waals surface area contributed by atoms with Gasteiger partial charge in [-0.05, 0) is 61.0 Å². The molecule has 4 aromatic carbocycles. The van der Waals surface area contributed by atoms with Crippen LogP contribution in [0.4, 0.5) is 11.4 Å². The number of hydrogen-bond donors (Lipinski definition) is 3. The Kier molecular flexibility index (Phi) is 7.46. The SMILES string of the molecule is C[C@H](NC(=O)c1ccccc1NC(=O)c1ccc(NS(=O)(=O)c2ccccc2)cc1)c1ccccc1. The van der Waals surface area contributed by atoms with Crippen molar-refractivity contribution >= 4 is 33.2 Å². The third kappa shape index (κ3) is 5.97. The van der Waals surface area contributed by atoms with Crippen LogP contribution in [0, 0.1) is 0 Å². The molecule has 0 bridgehead atoms. The fourth-order valence-corrected chi connectivity index (χ4v) is 4.67.